The van der Waals surface area contributed by atoms with Crippen molar-refractivity contribution in [3.05, 3.63) is 32.4 Å². The van der Waals surface area contributed by atoms with Crippen LogP contribution in [0.25, 0.3) is 10.9 Å². The number of hydrogen-bond donors (Lipinski definition) is 1. The monoisotopic (exact) mass is 321 g/mol. The van der Waals surface area contributed by atoms with E-state index in [0.29, 0.717) is 0 Å². The summed E-state index contributed by atoms with van der Waals surface area (Å²) in [5.41, 5.74) is 1.19. The lowest BCUT2D eigenvalue weighted by Crippen LogP contribution is -1.74. The van der Waals surface area contributed by atoms with Gasteiger partial charge in [-0.2, -0.15) is 0 Å². The highest BCUT2D eigenvalue weighted by Crippen LogP contribution is 2.24. The minimum atomic E-state index is 1.16. The van der Waals surface area contributed by atoms with Crippen molar-refractivity contribution < 1.29 is 0 Å². The zero-order valence-electron chi connectivity index (χ0n) is 5.57. The lowest BCUT2D eigenvalue weighted by molar-refractivity contribution is 1.47. The molecule has 1 aromatic heterocycles. The first-order chi connectivity index (χ1) is 5.27. The van der Waals surface area contributed by atoms with E-state index in [2.05, 4.69) is 61.7 Å². The van der Waals surface area contributed by atoms with Crippen LogP contribution in [0.2, 0.25) is 0 Å². The summed E-state index contributed by atoms with van der Waals surface area (Å²) in [6, 6.07) is 6.31. The highest BCUT2D eigenvalue weighted by atomic mass is 127. The summed E-state index contributed by atoms with van der Waals surface area (Å²) in [5, 5.41) is 1.25. The number of aromatic nitrogens is 1. The molecule has 0 saturated heterocycles. The van der Waals surface area contributed by atoms with Gasteiger partial charge >= 0.3 is 0 Å². The molecule has 1 N–H and O–H groups in total. The first-order valence-corrected chi connectivity index (χ1v) is 5.07. The summed E-state index contributed by atoms with van der Waals surface area (Å²) < 4.78 is 2.39. The number of fused-ring (bicyclic) bond motifs is 1. The molecule has 2 aromatic rings. The second kappa shape index (κ2) is 2.79. The Morgan fingerprint density at radius 1 is 1.36 bits per heavy atom. The van der Waals surface area contributed by atoms with E-state index in [-0.39, 0.29) is 0 Å². The van der Waals surface area contributed by atoms with Crippen LogP contribution in [0.15, 0.2) is 28.9 Å². The summed E-state index contributed by atoms with van der Waals surface area (Å²) in [5.74, 6) is 0. The maximum Gasteiger partial charge on any atom is 0.0465 e. The summed E-state index contributed by atoms with van der Waals surface area (Å²) in [4.78, 5) is 3.16. The highest BCUT2D eigenvalue weighted by Gasteiger charge is 1.99. The van der Waals surface area contributed by atoms with E-state index in [4.69, 9.17) is 0 Å². The fraction of sp³-hybridized carbons (Fsp3) is 0. The van der Waals surface area contributed by atoms with E-state index in [1.807, 2.05) is 6.20 Å². The van der Waals surface area contributed by atoms with Crippen LogP contribution in [0.5, 0.6) is 0 Å². The maximum absolute atomic E-state index is 3.48. The van der Waals surface area contributed by atoms with Crippen LogP contribution in [-0.2, 0) is 0 Å². The Hall–Kier alpha value is -0.0300. The number of benzene rings is 1. The van der Waals surface area contributed by atoms with Crippen LogP contribution in [0.1, 0.15) is 0 Å². The largest absolute Gasteiger partial charge is 0.361 e. The van der Waals surface area contributed by atoms with Gasteiger partial charge in [0, 0.05) is 25.1 Å². The van der Waals surface area contributed by atoms with Crippen LogP contribution in [0.4, 0.5) is 0 Å². The Bertz CT molecular complexity index is 358. The lowest BCUT2D eigenvalue weighted by Gasteiger charge is -1.95. The van der Waals surface area contributed by atoms with Gasteiger partial charge < -0.3 is 4.98 Å². The molecule has 2 rings (SSSR count). The molecule has 0 aliphatic carbocycles. The molecule has 0 unspecified atom stereocenters. The van der Waals surface area contributed by atoms with Crippen LogP contribution in [-0.4, -0.2) is 4.98 Å². The molecule has 56 valence electrons. The van der Waals surface area contributed by atoms with Crippen molar-refractivity contribution in [1.82, 2.24) is 4.98 Å². The SMILES string of the molecule is Brc1cc2cc[nH]c2cc1I. The lowest BCUT2D eigenvalue weighted by atomic mass is 10.3. The van der Waals surface area contributed by atoms with Crippen molar-refractivity contribution in [2.45, 2.75) is 0 Å². The minimum absolute atomic E-state index is 1.16. The number of hydrogen-bond acceptors (Lipinski definition) is 0. The predicted octanol–water partition coefficient (Wildman–Crippen LogP) is 3.54. The van der Waals surface area contributed by atoms with Gasteiger partial charge in [-0.1, -0.05) is 0 Å². The third-order valence-electron chi connectivity index (χ3n) is 1.59. The first kappa shape index (κ1) is 7.61. The quantitative estimate of drug-likeness (QED) is 0.714. The van der Waals surface area contributed by atoms with Gasteiger partial charge in [-0.05, 0) is 56.7 Å². The average Bonchev–Trinajstić information content (AvgIpc) is 2.36. The number of halogens is 2. The number of aromatic amines is 1. The van der Waals surface area contributed by atoms with E-state index in [1.165, 1.54) is 14.5 Å². The Morgan fingerprint density at radius 3 is 3.00 bits per heavy atom. The first-order valence-electron chi connectivity index (χ1n) is 3.19. The number of nitrogens with one attached hydrogen (secondary N) is 1. The van der Waals surface area contributed by atoms with Crippen molar-refractivity contribution in [2.24, 2.45) is 0 Å². The van der Waals surface area contributed by atoms with Crippen molar-refractivity contribution in [2.75, 3.05) is 0 Å². The van der Waals surface area contributed by atoms with Gasteiger partial charge in [0.15, 0.2) is 0 Å². The number of H-pyrrole nitrogens is 1. The van der Waals surface area contributed by atoms with Gasteiger partial charge in [0.2, 0.25) is 0 Å². The summed E-state index contributed by atoms with van der Waals surface area (Å²) >= 11 is 5.78. The van der Waals surface area contributed by atoms with Gasteiger partial charge in [0.25, 0.3) is 0 Å². The molecule has 1 heterocycles. The van der Waals surface area contributed by atoms with Gasteiger partial charge in [-0.25, -0.2) is 0 Å². The maximum atomic E-state index is 3.48. The third kappa shape index (κ3) is 1.31. The Labute approximate surface area is 86.5 Å². The molecule has 0 aliphatic rings. The van der Waals surface area contributed by atoms with Crippen molar-refractivity contribution in [1.29, 1.82) is 0 Å². The van der Waals surface area contributed by atoms with E-state index < -0.39 is 0 Å². The van der Waals surface area contributed by atoms with Crippen molar-refractivity contribution in [3.8, 4) is 0 Å². The van der Waals surface area contributed by atoms with Gasteiger partial charge in [-0.3, -0.25) is 0 Å². The summed E-state index contributed by atoms with van der Waals surface area (Å²) in [6.07, 6.45) is 1.95. The molecule has 0 fully saturated rings. The third-order valence-corrected chi connectivity index (χ3v) is 3.88. The molecule has 1 aromatic carbocycles. The van der Waals surface area contributed by atoms with Crippen LogP contribution in [0, 0.1) is 3.57 Å². The second-order valence-electron chi connectivity index (χ2n) is 2.33. The van der Waals surface area contributed by atoms with Gasteiger partial charge in [0.05, 0.1) is 0 Å². The zero-order valence-corrected chi connectivity index (χ0v) is 9.31. The molecule has 0 radical (unpaired) electrons. The molecule has 0 aliphatic heterocycles. The van der Waals surface area contributed by atoms with Crippen LogP contribution < -0.4 is 0 Å². The standard InChI is InChI=1S/C8H5BrIN/c9-6-3-5-1-2-11-8(5)4-7(6)10/h1-4,11H. The summed E-state index contributed by atoms with van der Waals surface area (Å²) in [6.45, 7) is 0. The Kier molecular flexibility index (Phi) is 1.93. The van der Waals surface area contributed by atoms with E-state index in [0.717, 1.165) is 4.47 Å². The van der Waals surface area contributed by atoms with E-state index in [1.54, 1.807) is 0 Å². The molecule has 0 saturated carbocycles. The topological polar surface area (TPSA) is 15.8 Å². The molecule has 0 bridgehead atoms. The molecule has 0 atom stereocenters. The Balaban J connectivity index is 2.86. The second-order valence-corrected chi connectivity index (χ2v) is 4.35. The van der Waals surface area contributed by atoms with Crippen molar-refractivity contribution >= 4 is 49.4 Å². The van der Waals surface area contributed by atoms with Crippen molar-refractivity contribution in [3.63, 3.8) is 0 Å². The molecular formula is C8H5BrIN. The minimum Gasteiger partial charge on any atom is -0.361 e. The van der Waals surface area contributed by atoms with Gasteiger partial charge in [-0.15, -0.1) is 0 Å². The fourth-order valence-electron chi connectivity index (χ4n) is 1.05. The van der Waals surface area contributed by atoms with Gasteiger partial charge in [0.1, 0.15) is 0 Å². The fourth-order valence-corrected chi connectivity index (χ4v) is 1.87. The Morgan fingerprint density at radius 2 is 2.18 bits per heavy atom. The van der Waals surface area contributed by atoms with E-state index >= 15 is 0 Å². The van der Waals surface area contributed by atoms with Crippen LogP contribution in [0.3, 0.4) is 0 Å². The molecular weight excluding hydrogens is 317 g/mol. The molecule has 1 nitrogen and oxygen atoms in total. The zero-order chi connectivity index (χ0) is 7.84. The molecule has 3 heteroatoms. The summed E-state index contributed by atoms with van der Waals surface area (Å²) in [7, 11) is 0. The van der Waals surface area contributed by atoms with Crippen LogP contribution >= 0.6 is 38.5 Å². The normalized spacial score (nSPS) is 10.7. The highest BCUT2D eigenvalue weighted by molar-refractivity contribution is 14.1. The molecule has 11 heavy (non-hydrogen) atoms. The number of rotatable bonds is 0. The van der Waals surface area contributed by atoms with E-state index in [9.17, 15) is 0 Å². The molecule has 0 amide bonds. The molecule has 0 spiro atoms. The predicted molar refractivity (Wildman–Crippen MR) is 58.7 cm³/mol. The smallest absolute Gasteiger partial charge is 0.0465 e. The average molecular weight is 322 g/mol.